The number of likely N-dealkylation sites (N-methyl/N-ethyl adjacent to an activating group) is 1. The first-order valence-corrected chi connectivity index (χ1v) is 5.80. The predicted molar refractivity (Wildman–Crippen MR) is 63.8 cm³/mol. The SMILES string of the molecule is CN1CCN(CCn2ccc(C=O)c2)CC1. The summed E-state index contributed by atoms with van der Waals surface area (Å²) >= 11 is 0. The monoisotopic (exact) mass is 221 g/mol. The van der Waals surface area contributed by atoms with Gasteiger partial charge in [0.15, 0.2) is 6.29 Å². The highest BCUT2D eigenvalue weighted by molar-refractivity contribution is 5.74. The van der Waals surface area contributed by atoms with E-state index in [1.165, 1.54) is 0 Å². The third-order valence-electron chi connectivity index (χ3n) is 3.18. The fourth-order valence-corrected chi connectivity index (χ4v) is 2.00. The fourth-order valence-electron chi connectivity index (χ4n) is 2.00. The summed E-state index contributed by atoms with van der Waals surface area (Å²) in [7, 11) is 2.17. The summed E-state index contributed by atoms with van der Waals surface area (Å²) in [5.74, 6) is 0. The Morgan fingerprint density at radius 1 is 1.25 bits per heavy atom. The maximum atomic E-state index is 10.5. The van der Waals surface area contributed by atoms with Crippen molar-refractivity contribution < 1.29 is 4.79 Å². The van der Waals surface area contributed by atoms with Gasteiger partial charge >= 0.3 is 0 Å². The van der Waals surface area contributed by atoms with Crippen molar-refractivity contribution in [3.05, 3.63) is 24.0 Å². The van der Waals surface area contributed by atoms with Crippen molar-refractivity contribution in [2.75, 3.05) is 39.8 Å². The van der Waals surface area contributed by atoms with Crippen LogP contribution in [0.4, 0.5) is 0 Å². The van der Waals surface area contributed by atoms with Crippen LogP contribution in [0, 0.1) is 0 Å². The van der Waals surface area contributed by atoms with Crippen molar-refractivity contribution in [1.29, 1.82) is 0 Å². The molecular weight excluding hydrogens is 202 g/mol. The van der Waals surface area contributed by atoms with Gasteiger partial charge in [-0.2, -0.15) is 0 Å². The quantitative estimate of drug-likeness (QED) is 0.695. The molecule has 2 heterocycles. The van der Waals surface area contributed by atoms with Crippen molar-refractivity contribution in [1.82, 2.24) is 14.4 Å². The fraction of sp³-hybridized carbons (Fsp3) is 0.583. The molecule has 0 radical (unpaired) electrons. The molecule has 1 aliphatic heterocycles. The molecule has 0 amide bonds. The normalized spacial score (nSPS) is 18.8. The molecule has 4 nitrogen and oxygen atoms in total. The van der Waals surface area contributed by atoms with Gasteiger partial charge in [-0.05, 0) is 13.1 Å². The lowest BCUT2D eigenvalue weighted by atomic mass is 10.3. The number of carbonyl (C=O) groups is 1. The molecule has 1 saturated heterocycles. The van der Waals surface area contributed by atoms with Gasteiger partial charge in [0.1, 0.15) is 0 Å². The van der Waals surface area contributed by atoms with Crippen LogP contribution in [0.1, 0.15) is 10.4 Å². The first kappa shape index (κ1) is 11.4. The van der Waals surface area contributed by atoms with E-state index in [2.05, 4.69) is 21.4 Å². The zero-order valence-electron chi connectivity index (χ0n) is 9.80. The third-order valence-corrected chi connectivity index (χ3v) is 3.18. The van der Waals surface area contributed by atoms with Gasteiger partial charge in [0, 0.05) is 57.2 Å². The van der Waals surface area contributed by atoms with Crippen molar-refractivity contribution in [2.45, 2.75) is 6.54 Å². The van der Waals surface area contributed by atoms with E-state index in [-0.39, 0.29) is 0 Å². The largest absolute Gasteiger partial charge is 0.352 e. The number of hydrogen-bond acceptors (Lipinski definition) is 3. The second-order valence-electron chi connectivity index (χ2n) is 4.45. The third kappa shape index (κ3) is 2.93. The Kier molecular flexibility index (Phi) is 3.74. The lowest BCUT2D eigenvalue weighted by Crippen LogP contribution is -2.45. The molecule has 0 atom stereocenters. The Morgan fingerprint density at radius 2 is 2.00 bits per heavy atom. The molecule has 0 unspecified atom stereocenters. The van der Waals surface area contributed by atoms with Crippen LogP contribution in [0.5, 0.6) is 0 Å². The highest BCUT2D eigenvalue weighted by atomic mass is 16.1. The Morgan fingerprint density at radius 3 is 2.62 bits per heavy atom. The lowest BCUT2D eigenvalue weighted by molar-refractivity contribution is 0.112. The molecule has 88 valence electrons. The molecular formula is C12H19N3O. The van der Waals surface area contributed by atoms with Crippen LogP contribution in [-0.4, -0.2) is 60.4 Å². The van der Waals surface area contributed by atoms with E-state index in [1.54, 1.807) is 0 Å². The van der Waals surface area contributed by atoms with Gasteiger partial charge in [0.25, 0.3) is 0 Å². The van der Waals surface area contributed by atoms with E-state index in [4.69, 9.17) is 0 Å². The zero-order chi connectivity index (χ0) is 11.4. The van der Waals surface area contributed by atoms with Gasteiger partial charge in [-0.1, -0.05) is 0 Å². The number of aldehydes is 1. The van der Waals surface area contributed by atoms with Crippen LogP contribution in [-0.2, 0) is 6.54 Å². The van der Waals surface area contributed by atoms with E-state index in [0.29, 0.717) is 0 Å². The standard InChI is InChI=1S/C12H19N3O/c1-13-4-6-14(7-5-13)8-9-15-3-2-12(10-15)11-16/h2-3,10-11H,4-9H2,1H3. The summed E-state index contributed by atoms with van der Waals surface area (Å²) in [6, 6.07) is 1.86. The maximum Gasteiger partial charge on any atom is 0.151 e. The Bertz CT molecular complexity index is 340. The topological polar surface area (TPSA) is 28.5 Å². The Balaban J connectivity index is 1.76. The second-order valence-corrected chi connectivity index (χ2v) is 4.45. The van der Waals surface area contributed by atoms with E-state index in [1.807, 2.05) is 18.5 Å². The van der Waals surface area contributed by atoms with Crippen LogP contribution in [0.15, 0.2) is 18.5 Å². The summed E-state index contributed by atoms with van der Waals surface area (Å²) < 4.78 is 2.09. The molecule has 1 aliphatic rings. The summed E-state index contributed by atoms with van der Waals surface area (Å²) in [6.45, 7) is 6.66. The smallest absolute Gasteiger partial charge is 0.151 e. The van der Waals surface area contributed by atoms with Gasteiger partial charge in [-0.25, -0.2) is 0 Å². The molecule has 0 bridgehead atoms. The first-order chi connectivity index (χ1) is 7.78. The van der Waals surface area contributed by atoms with E-state index >= 15 is 0 Å². The molecule has 1 aromatic heterocycles. The zero-order valence-corrected chi connectivity index (χ0v) is 9.80. The molecule has 4 heteroatoms. The van der Waals surface area contributed by atoms with E-state index in [9.17, 15) is 4.79 Å². The predicted octanol–water partition coefficient (Wildman–Crippen LogP) is 0.548. The molecule has 0 N–H and O–H groups in total. The van der Waals surface area contributed by atoms with Crippen molar-refractivity contribution in [3.63, 3.8) is 0 Å². The minimum atomic E-state index is 0.762. The number of rotatable bonds is 4. The van der Waals surface area contributed by atoms with Gasteiger partial charge in [0.05, 0.1) is 0 Å². The second kappa shape index (κ2) is 5.27. The van der Waals surface area contributed by atoms with Crippen LogP contribution >= 0.6 is 0 Å². The maximum absolute atomic E-state index is 10.5. The van der Waals surface area contributed by atoms with Gasteiger partial charge in [0.2, 0.25) is 0 Å². The molecule has 0 saturated carbocycles. The number of carbonyl (C=O) groups excluding carboxylic acids is 1. The molecule has 2 rings (SSSR count). The van der Waals surface area contributed by atoms with Crippen LogP contribution < -0.4 is 0 Å². The summed E-state index contributed by atoms with van der Waals surface area (Å²) in [5.41, 5.74) is 0.762. The highest BCUT2D eigenvalue weighted by Crippen LogP contribution is 2.02. The van der Waals surface area contributed by atoms with Gasteiger partial charge < -0.3 is 9.47 Å². The van der Waals surface area contributed by atoms with Gasteiger partial charge in [-0.3, -0.25) is 9.69 Å². The van der Waals surface area contributed by atoms with Crippen molar-refractivity contribution in [2.24, 2.45) is 0 Å². The molecule has 16 heavy (non-hydrogen) atoms. The average Bonchev–Trinajstić information content (AvgIpc) is 2.76. The Hall–Kier alpha value is -1.13. The molecule has 1 fully saturated rings. The van der Waals surface area contributed by atoms with Crippen LogP contribution in [0.25, 0.3) is 0 Å². The molecule has 1 aromatic rings. The number of piperazine rings is 1. The van der Waals surface area contributed by atoms with Crippen molar-refractivity contribution in [3.8, 4) is 0 Å². The van der Waals surface area contributed by atoms with E-state index in [0.717, 1.165) is 51.1 Å². The number of nitrogens with zero attached hydrogens (tertiary/aromatic N) is 3. The summed E-state index contributed by atoms with van der Waals surface area (Å²) in [4.78, 5) is 15.4. The van der Waals surface area contributed by atoms with E-state index < -0.39 is 0 Å². The number of hydrogen-bond donors (Lipinski definition) is 0. The Labute approximate surface area is 96.4 Å². The minimum absolute atomic E-state index is 0.762. The lowest BCUT2D eigenvalue weighted by Gasteiger charge is -2.32. The van der Waals surface area contributed by atoms with Gasteiger partial charge in [-0.15, -0.1) is 0 Å². The summed E-state index contributed by atoms with van der Waals surface area (Å²) in [6.07, 6.45) is 4.77. The molecule has 0 spiro atoms. The van der Waals surface area contributed by atoms with Crippen molar-refractivity contribution >= 4 is 6.29 Å². The van der Waals surface area contributed by atoms with Crippen LogP contribution in [0.2, 0.25) is 0 Å². The first-order valence-electron chi connectivity index (χ1n) is 5.80. The average molecular weight is 221 g/mol. The summed E-state index contributed by atoms with van der Waals surface area (Å²) in [5, 5.41) is 0. The minimum Gasteiger partial charge on any atom is -0.352 e. The highest BCUT2D eigenvalue weighted by Gasteiger charge is 2.12. The number of aromatic nitrogens is 1. The molecule has 0 aromatic carbocycles. The molecule has 0 aliphatic carbocycles. The van der Waals surface area contributed by atoms with Crippen LogP contribution in [0.3, 0.4) is 0 Å².